The molecule has 0 spiro atoms. The summed E-state index contributed by atoms with van der Waals surface area (Å²) < 4.78 is 11.3. The van der Waals surface area contributed by atoms with E-state index in [4.69, 9.17) is 15.2 Å². The lowest BCUT2D eigenvalue weighted by Crippen LogP contribution is -2.52. The van der Waals surface area contributed by atoms with Crippen molar-refractivity contribution in [3.63, 3.8) is 0 Å². The molecule has 28 heavy (non-hydrogen) atoms. The van der Waals surface area contributed by atoms with Crippen LogP contribution in [0.1, 0.15) is 45.4 Å². The third-order valence-corrected chi connectivity index (χ3v) is 6.69. The van der Waals surface area contributed by atoms with E-state index in [1.54, 1.807) is 12.5 Å². The zero-order chi connectivity index (χ0) is 19.6. The summed E-state index contributed by atoms with van der Waals surface area (Å²) in [5, 5.41) is 0. The highest BCUT2D eigenvalue weighted by atomic mass is 16.5. The molecule has 1 saturated heterocycles. The molecule has 1 aliphatic carbocycles. The molecule has 2 fully saturated rings. The van der Waals surface area contributed by atoms with Gasteiger partial charge >= 0.3 is 0 Å². The number of benzene rings is 1. The molecule has 0 radical (unpaired) electrons. The van der Waals surface area contributed by atoms with Gasteiger partial charge in [-0.3, -0.25) is 9.69 Å². The van der Waals surface area contributed by atoms with Crippen molar-refractivity contribution in [3.8, 4) is 11.5 Å². The van der Waals surface area contributed by atoms with Crippen LogP contribution in [0.15, 0.2) is 30.7 Å². The minimum absolute atomic E-state index is 0.0983. The average molecular weight is 386 g/mol. The van der Waals surface area contributed by atoms with Gasteiger partial charge in [-0.15, -0.1) is 0 Å². The van der Waals surface area contributed by atoms with Crippen molar-refractivity contribution in [1.29, 1.82) is 0 Å². The highest BCUT2D eigenvalue weighted by Crippen LogP contribution is 2.42. The van der Waals surface area contributed by atoms with Gasteiger partial charge in [0, 0.05) is 32.2 Å². The lowest BCUT2D eigenvalue weighted by Gasteiger charge is -2.43. The fraction of sp³-hybridized carbons (Fsp3) is 0.591. The van der Waals surface area contributed by atoms with Crippen LogP contribution in [0.4, 0.5) is 5.69 Å². The van der Waals surface area contributed by atoms with Crippen molar-refractivity contribution in [2.75, 3.05) is 31.1 Å². The van der Waals surface area contributed by atoms with Gasteiger partial charge < -0.3 is 20.1 Å². The van der Waals surface area contributed by atoms with Crippen molar-refractivity contribution in [2.24, 2.45) is 11.1 Å². The second-order valence-electron chi connectivity index (χ2n) is 8.39. The van der Waals surface area contributed by atoms with Gasteiger partial charge in [-0.25, -0.2) is 0 Å². The molecule has 2 N–H and O–H groups in total. The monoisotopic (exact) mass is 385 g/mol. The summed E-state index contributed by atoms with van der Waals surface area (Å²) >= 11 is 0. The van der Waals surface area contributed by atoms with Crippen molar-refractivity contribution >= 4 is 11.6 Å². The SMILES string of the molecule is CC(CC1(C(N)=O)CCCCC1)N1CCN(c2cccc3c2OC=CO3)CC1. The summed E-state index contributed by atoms with van der Waals surface area (Å²) in [6.45, 7) is 6.04. The lowest BCUT2D eigenvalue weighted by molar-refractivity contribution is -0.131. The second-order valence-corrected chi connectivity index (χ2v) is 8.39. The Bertz CT molecular complexity index is 735. The van der Waals surface area contributed by atoms with Crippen LogP contribution in [-0.2, 0) is 4.79 Å². The van der Waals surface area contributed by atoms with Gasteiger partial charge in [0.2, 0.25) is 5.91 Å². The Morgan fingerprint density at radius 1 is 1.11 bits per heavy atom. The number of piperazine rings is 1. The second kappa shape index (κ2) is 8.03. The molecule has 4 rings (SSSR count). The Morgan fingerprint density at radius 3 is 2.54 bits per heavy atom. The Balaban J connectivity index is 1.38. The molecule has 3 aliphatic rings. The maximum atomic E-state index is 12.2. The van der Waals surface area contributed by atoms with Crippen LogP contribution in [0.2, 0.25) is 0 Å². The molecule has 6 nitrogen and oxygen atoms in total. The molecule has 2 heterocycles. The first-order valence-electron chi connectivity index (χ1n) is 10.5. The highest BCUT2D eigenvalue weighted by Gasteiger charge is 2.40. The molecular formula is C22H31N3O3. The van der Waals surface area contributed by atoms with Gasteiger partial charge in [0.1, 0.15) is 12.5 Å². The first-order valence-corrected chi connectivity index (χ1v) is 10.5. The molecule has 1 aromatic rings. The molecule has 1 amide bonds. The maximum absolute atomic E-state index is 12.2. The van der Waals surface area contributed by atoms with Gasteiger partial charge in [0.15, 0.2) is 11.5 Å². The van der Waals surface area contributed by atoms with Crippen LogP contribution >= 0.6 is 0 Å². The van der Waals surface area contributed by atoms with Crippen molar-refractivity contribution in [2.45, 2.75) is 51.5 Å². The van der Waals surface area contributed by atoms with Crippen molar-refractivity contribution in [1.82, 2.24) is 4.90 Å². The van der Waals surface area contributed by atoms with E-state index in [9.17, 15) is 4.79 Å². The number of nitrogens with two attached hydrogens (primary N) is 1. The Labute approximate surface area is 167 Å². The zero-order valence-corrected chi connectivity index (χ0v) is 16.7. The largest absolute Gasteiger partial charge is 0.458 e. The summed E-state index contributed by atoms with van der Waals surface area (Å²) in [5.41, 5.74) is 6.62. The van der Waals surface area contributed by atoms with E-state index in [2.05, 4.69) is 22.8 Å². The number of para-hydroxylation sites is 1. The lowest BCUT2D eigenvalue weighted by atomic mass is 9.69. The van der Waals surface area contributed by atoms with Crippen LogP contribution in [0.25, 0.3) is 0 Å². The zero-order valence-electron chi connectivity index (χ0n) is 16.7. The minimum Gasteiger partial charge on any atom is -0.458 e. The van der Waals surface area contributed by atoms with E-state index >= 15 is 0 Å². The van der Waals surface area contributed by atoms with Gasteiger partial charge in [0.25, 0.3) is 0 Å². The van der Waals surface area contributed by atoms with E-state index in [1.165, 1.54) is 6.42 Å². The number of carbonyl (C=O) groups is 1. The molecule has 1 unspecified atom stereocenters. The molecule has 1 aromatic carbocycles. The van der Waals surface area contributed by atoms with E-state index in [0.29, 0.717) is 6.04 Å². The number of hydrogen-bond acceptors (Lipinski definition) is 5. The number of amides is 1. The van der Waals surface area contributed by atoms with E-state index in [1.807, 2.05) is 12.1 Å². The Kier molecular flexibility index (Phi) is 5.49. The van der Waals surface area contributed by atoms with Crippen LogP contribution in [0, 0.1) is 5.41 Å². The van der Waals surface area contributed by atoms with Crippen LogP contribution < -0.4 is 20.1 Å². The summed E-state index contributed by atoms with van der Waals surface area (Å²) in [6.07, 6.45) is 9.40. The fourth-order valence-electron chi connectivity index (χ4n) is 5.04. The molecule has 2 aliphatic heterocycles. The third kappa shape index (κ3) is 3.70. The quantitative estimate of drug-likeness (QED) is 0.843. The van der Waals surface area contributed by atoms with Gasteiger partial charge in [-0.1, -0.05) is 25.3 Å². The van der Waals surface area contributed by atoms with Gasteiger partial charge in [0.05, 0.1) is 11.1 Å². The Morgan fingerprint density at radius 2 is 1.82 bits per heavy atom. The average Bonchev–Trinajstić information content (AvgIpc) is 2.74. The number of nitrogens with zero attached hydrogens (tertiary/aromatic N) is 2. The number of anilines is 1. The molecule has 152 valence electrons. The molecule has 6 heteroatoms. The van der Waals surface area contributed by atoms with Crippen molar-refractivity contribution in [3.05, 3.63) is 30.7 Å². The number of ether oxygens (including phenoxy) is 2. The van der Waals surface area contributed by atoms with Gasteiger partial charge in [-0.05, 0) is 38.3 Å². The summed E-state index contributed by atoms with van der Waals surface area (Å²) in [6, 6.07) is 6.38. The van der Waals surface area contributed by atoms with E-state index < -0.39 is 0 Å². The number of primary amides is 1. The molecular weight excluding hydrogens is 354 g/mol. The smallest absolute Gasteiger partial charge is 0.223 e. The van der Waals surface area contributed by atoms with Crippen LogP contribution in [0.5, 0.6) is 11.5 Å². The topological polar surface area (TPSA) is 68.0 Å². The number of fused-ring (bicyclic) bond motifs is 1. The standard InChI is InChI=1S/C22H31N3O3/c1-17(16-22(21(23)26)8-3-2-4-9-22)24-10-12-25(13-11-24)18-6-5-7-19-20(18)28-15-14-27-19/h5-7,14-15,17H,2-4,8-13,16H2,1H3,(H2,23,26). The normalized spacial score (nSPS) is 22.7. The van der Waals surface area contributed by atoms with E-state index in [-0.39, 0.29) is 11.3 Å². The first-order chi connectivity index (χ1) is 13.6. The molecule has 1 atom stereocenters. The fourth-order valence-corrected chi connectivity index (χ4v) is 5.04. The molecule has 0 bridgehead atoms. The number of rotatable bonds is 5. The predicted octanol–water partition coefficient (Wildman–Crippen LogP) is 3.27. The molecule has 1 saturated carbocycles. The Hall–Kier alpha value is -2.21. The summed E-state index contributed by atoms with van der Waals surface area (Å²) in [7, 11) is 0. The highest BCUT2D eigenvalue weighted by molar-refractivity contribution is 5.81. The maximum Gasteiger partial charge on any atom is 0.223 e. The predicted molar refractivity (Wildman–Crippen MR) is 109 cm³/mol. The van der Waals surface area contributed by atoms with Gasteiger partial charge in [-0.2, -0.15) is 0 Å². The van der Waals surface area contributed by atoms with Crippen LogP contribution in [0.3, 0.4) is 0 Å². The summed E-state index contributed by atoms with van der Waals surface area (Å²) in [4.78, 5) is 17.1. The number of carbonyl (C=O) groups excluding carboxylic acids is 1. The number of hydrogen-bond donors (Lipinski definition) is 1. The van der Waals surface area contributed by atoms with Crippen molar-refractivity contribution < 1.29 is 14.3 Å². The minimum atomic E-state index is -0.301. The van der Waals surface area contributed by atoms with Crippen LogP contribution in [-0.4, -0.2) is 43.0 Å². The summed E-state index contributed by atoms with van der Waals surface area (Å²) in [5.74, 6) is 1.46. The van der Waals surface area contributed by atoms with E-state index in [0.717, 1.165) is 75.5 Å². The molecule has 0 aromatic heterocycles. The first kappa shape index (κ1) is 19.1. The third-order valence-electron chi connectivity index (χ3n) is 6.69.